The van der Waals surface area contributed by atoms with Crippen LogP contribution in [0.5, 0.6) is 0 Å². The van der Waals surface area contributed by atoms with E-state index in [4.69, 9.17) is 9.47 Å². The largest absolute Gasteiger partial charge is 0.374 e. The quantitative estimate of drug-likeness (QED) is 0.795. The normalized spacial score (nSPS) is 25.4. The molecule has 0 heterocycles. The molecule has 0 aromatic heterocycles. The van der Waals surface area contributed by atoms with Gasteiger partial charge in [-0.25, -0.2) is 4.39 Å². The molecular formula is C16H24FNO2. The van der Waals surface area contributed by atoms with Crippen LogP contribution in [-0.2, 0) is 16.1 Å². The van der Waals surface area contributed by atoms with Crippen LogP contribution in [0.4, 0.5) is 4.39 Å². The topological polar surface area (TPSA) is 30.5 Å². The lowest BCUT2D eigenvalue weighted by Crippen LogP contribution is -2.60. The van der Waals surface area contributed by atoms with Crippen molar-refractivity contribution in [1.29, 1.82) is 0 Å². The van der Waals surface area contributed by atoms with E-state index in [2.05, 4.69) is 19.2 Å². The van der Waals surface area contributed by atoms with Gasteiger partial charge in [0.2, 0.25) is 0 Å². The van der Waals surface area contributed by atoms with E-state index in [9.17, 15) is 4.39 Å². The average Bonchev–Trinajstić information content (AvgIpc) is 2.44. The van der Waals surface area contributed by atoms with Gasteiger partial charge in [0.25, 0.3) is 0 Å². The highest BCUT2D eigenvalue weighted by atomic mass is 19.1. The lowest BCUT2D eigenvalue weighted by Gasteiger charge is -2.44. The lowest BCUT2D eigenvalue weighted by atomic mass is 9.85. The molecular weight excluding hydrogens is 257 g/mol. The van der Waals surface area contributed by atoms with Gasteiger partial charge >= 0.3 is 0 Å². The van der Waals surface area contributed by atoms with Gasteiger partial charge in [-0.2, -0.15) is 0 Å². The first-order chi connectivity index (χ1) is 9.76. The minimum atomic E-state index is -0.207. The average molecular weight is 281 g/mol. The predicted octanol–water partition coefficient (Wildman–Crippen LogP) is 2.89. The molecule has 1 aliphatic carbocycles. The zero-order valence-electron chi connectivity index (χ0n) is 12.3. The van der Waals surface area contributed by atoms with Crippen LogP contribution in [0.3, 0.4) is 0 Å². The van der Waals surface area contributed by atoms with E-state index < -0.39 is 0 Å². The van der Waals surface area contributed by atoms with Gasteiger partial charge in [0.05, 0.1) is 18.8 Å². The summed E-state index contributed by atoms with van der Waals surface area (Å²) in [5, 5.41) is 3.40. The Kier molecular flexibility index (Phi) is 5.95. The van der Waals surface area contributed by atoms with E-state index in [0.29, 0.717) is 18.2 Å². The number of nitrogens with one attached hydrogen (secondary N) is 1. The highest BCUT2D eigenvalue weighted by Gasteiger charge is 2.42. The molecule has 3 unspecified atom stereocenters. The zero-order valence-corrected chi connectivity index (χ0v) is 12.3. The van der Waals surface area contributed by atoms with Crippen LogP contribution in [-0.4, -0.2) is 31.4 Å². The summed E-state index contributed by atoms with van der Waals surface area (Å²) in [5.74, 6) is -0.207. The van der Waals surface area contributed by atoms with Crippen LogP contribution in [0.2, 0.25) is 0 Å². The van der Waals surface area contributed by atoms with Crippen LogP contribution in [0.1, 0.15) is 32.3 Å². The van der Waals surface area contributed by atoms with E-state index >= 15 is 0 Å². The molecule has 20 heavy (non-hydrogen) atoms. The summed E-state index contributed by atoms with van der Waals surface area (Å²) in [6.45, 7) is 6.16. The highest BCUT2D eigenvalue weighted by Crippen LogP contribution is 2.28. The van der Waals surface area contributed by atoms with Crippen molar-refractivity contribution in [2.75, 3.05) is 13.2 Å². The second-order valence-electron chi connectivity index (χ2n) is 5.18. The number of hydrogen-bond donors (Lipinski definition) is 1. The van der Waals surface area contributed by atoms with E-state index in [1.165, 1.54) is 6.07 Å². The Labute approximate surface area is 120 Å². The molecule has 0 radical (unpaired) electrons. The number of halogens is 1. The molecule has 1 aromatic carbocycles. The van der Waals surface area contributed by atoms with Crippen molar-refractivity contribution in [2.24, 2.45) is 0 Å². The SMILES string of the molecule is CCCOC1C(NCC)CC1OCc1ccccc1F. The fourth-order valence-electron chi connectivity index (χ4n) is 2.50. The fraction of sp³-hybridized carbons (Fsp3) is 0.625. The van der Waals surface area contributed by atoms with Gasteiger partial charge in [0.15, 0.2) is 0 Å². The fourth-order valence-corrected chi connectivity index (χ4v) is 2.50. The van der Waals surface area contributed by atoms with E-state index in [1.54, 1.807) is 12.1 Å². The summed E-state index contributed by atoms with van der Waals surface area (Å²) in [6.07, 6.45) is 2.07. The Morgan fingerprint density at radius 1 is 1.25 bits per heavy atom. The van der Waals surface area contributed by atoms with E-state index in [-0.39, 0.29) is 18.0 Å². The van der Waals surface area contributed by atoms with Crippen LogP contribution < -0.4 is 5.32 Å². The van der Waals surface area contributed by atoms with Gasteiger partial charge in [-0.3, -0.25) is 0 Å². The molecule has 2 rings (SSSR count). The van der Waals surface area contributed by atoms with Gasteiger partial charge < -0.3 is 14.8 Å². The van der Waals surface area contributed by atoms with Crippen molar-refractivity contribution in [1.82, 2.24) is 5.32 Å². The summed E-state index contributed by atoms with van der Waals surface area (Å²) in [4.78, 5) is 0. The second-order valence-corrected chi connectivity index (χ2v) is 5.18. The summed E-state index contributed by atoms with van der Waals surface area (Å²) >= 11 is 0. The molecule has 0 bridgehead atoms. The minimum Gasteiger partial charge on any atom is -0.374 e. The van der Waals surface area contributed by atoms with Crippen LogP contribution in [0.25, 0.3) is 0 Å². The molecule has 0 aliphatic heterocycles. The third-order valence-corrected chi connectivity index (χ3v) is 3.64. The number of likely N-dealkylation sites (N-methyl/N-ethyl adjacent to an activating group) is 1. The Bertz CT molecular complexity index is 413. The van der Waals surface area contributed by atoms with Crippen molar-refractivity contribution in [3.05, 3.63) is 35.6 Å². The summed E-state index contributed by atoms with van der Waals surface area (Å²) in [5.41, 5.74) is 0.605. The number of ether oxygens (including phenoxy) is 2. The van der Waals surface area contributed by atoms with Crippen LogP contribution in [0.15, 0.2) is 24.3 Å². The molecule has 0 spiro atoms. The highest BCUT2D eigenvalue weighted by molar-refractivity contribution is 5.16. The monoisotopic (exact) mass is 281 g/mol. The third kappa shape index (κ3) is 3.78. The molecule has 112 valence electrons. The molecule has 0 amide bonds. The Hall–Kier alpha value is -0.970. The molecule has 4 heteroatoms. The van der Waals surface area contributed by atoms with E-state index in [0.717, 1.165) is 26.0 Å². The van der Waals surface area contributed by atoms with Crippen LogP contribution >= 0.6 is 0 Å². The van der Waals surface area contributed by atoms with Crippen molar-refractivity contribution in [3.63, 3.8) is 0 Å². The summed E-state index contributed by atoms with van der Waals surface area (Å²) in [7, 11) is 0. The number of hydrogen-bond acceptors (Lipinski definition) is 3. The van der Waals surface area contributed by atoms with Gasteiger partial charge in [-0.05, 0) is 25.5 Å². The van der Waals surface area contributed by atoms with Crippen molar-refractivity contribution in [2.45, 2.75) is 51.5 Å². The smallest absolute Gasteiger partial charge is 0.128 e. The molecule has 3 atom stereocenters. The van der Waals surface area contributed by atoms with Gasteiger partial charge in [-0.15, -0.1) is 0 Å². The third-order valence-electron chi connectivity index (χ3n) is 3.64. The molecule has 1 N–H and O–H groups in total. The summed E-state index contributed by atoms with van der Waals surface area (Å²) in [6, 6.07) is 7.10. The zero-order chi connectivity index (χ0) is 14.4. The van der Waals surface area contributed by atoms with Gasteiger partial charge in [0, 0.05) is 18.2 Å². The molecule has 1 fully saturated rings. The standard InChI is InChI=1S/C16H24FNO2/c1-3-9-19-16-14(18-4-2)10-15(16)20-11-12-7-5-6-8-13(12)17/h5-8,14-16,18H,3-4,9-11H2,1-2H3. The summed E-state index contributed by atoms with van der Waals surface area (Å²) < 4.78 is 25.2. The predicted molar refractivity (Wildman–Crippen MR) is 77.1 cm³/mol. The molecule has 1 aliphatic rings. The minimum absolute atomic E-state index is 0.0604. The first-order valence-electron chi connectivity index (χ1n) is 7.46. The Balaban J connectivity index is 1.84. The molecule has 1 saturated carbocycles. The lowest BCUT2D eigenvalue weighted by molar-refractivity contribution is -0.152. The van der Waals surface area contributed by atoms with Crippen molar-refractivity contribution in [3.8, 4) is 0 Å². The maximum absolute atomic E-state index is 13.5. The Morgan fingerprint density at radius 2 is 2.05 bits per heavy atom. The van der Waals surface area contributed by atoms with Crippen molar-refractivity contribution >= 4 is 0 Å². The molecule has 3 nitrogen and oxygen atoms in total. The van der Waals surface area contributed by atoms with Gasteiger partial charge in [0.1, 0.15) is 5.82 Å². The van der Waals surface area contributed by atoms with E-state index in [1.807, 2.05) is 6.07 Å². The maximum atomic E-state index is 13.5. The second kappa shape index (κ2) is 7.72. The van der Waals surface area contributed by atoms with Crippen molar-refractivity contribution < 1.29 is 13.9 Å². The molecule has 1 aromatic rings. The van der Waals surface area contributed by atoms with Crippen LogP contribution in [0, 0.1) is 5.82 Å². The first-order valence-corrected chi connectivity index (χ1v) is 7.46. The number of benzene rings is 1. The molecule has 0 saturated heterocycles. The number of rotatable bonds is 8. The maximum Gasteiger partial charge on any atom is 0.128 e. The Morgan fingerprint density at radius 3 is 2.75 bits per heavy atom. The van der Waals surface area contributed by atoms with Gasteiger partial charge in [-0.1, -0.05) is 32.0 Å². The first kappa shape index (κ1) is 15.4.